The molecule has 2 rings (SSSR count). The highest BCUT2D eigenvalue weighted by Gasteiger charge is 2.41. The topological polar surface area (TPSA) is 83.6 Å². The van der Waals surface area contributed by atoms with Gasteiger partial charge in [-0.25, -0.2) is 9.18 Å². The number of barbiturate groups is 1. The maximum atomic E-state index is 13.2. The van der Waals surface area contributed by atoms with Crippen molar-refractivity contribution in [2.45, 2.75) is 5.92 Å². The zero-order valence-electron chi connectivity index (χ0n) is 11.2. The molecule has 1 heterocycles. The van der Waals surface area contributed by atoms with Gasteiger partial charge in [-0.3, -0.25) is 24.0 Å². The number of rotatable bonds is 4. The zero-order valence-corrected chi connectivity index (χ0v) is 12.0. The summed E-state index contributed by atoms with van der Waals surface area (Å²) in [4.78, 5) is 36.6. The summed E-state index contributed by atoms with van der Waals surface area (Å²) in [6, 6.07) is 4.25. The van der Waals surface area contributed by atoms with E-state index in [4.69, 9.17) is 0 Å². The van der Waals surface area contributed by atoms with Gasteiger partial charge in [0.15, 0.2) is 0 Å². The number of nitrogens with one attached hydrogen (secondary N) is 1. The fourth-order valence-electron chi connectivity index (χ4n) is 2.02. The average molecular weight is 312 g/mol. The minimum Gasteiger partial charge on any atom is -0.277 e. The molecule has 8 heteroatoms. The van der Waals surface area contributed by atoms with Crippen LogP contribution < -0.4 is 5.32 Å². The van der Waals surface area contributed by atoms with Gasteiger partial charge in [0.2, 0.25) is 11.8 Å². The highest BCUT2D eigenvalue weighted by Crippen LogP contribution is 2.23. The Morgan fingerprint density at radius 2 is 2.05 bits per heavy atom. The Labute approximate surface area is 122 Å². The van der Waals surface area contributed by atoms with Crippen LogP contribution in [-0.4, -0.2) is 45.5 Å². The third-order valence-electron chi connectivity index (χ3n) is 3.03. The Bertz CT molecular complexity index is 634. The number of carbonyl (C=O) groups is 3. The molecule has 1 aliphatic heterocycles. The molecule has 0 bridgehead atoms. The van der Waals surface area contributed by atoms with E-state index in [0.717, 1.165) is 11.0 Å². The molecular weight excluding hydrogens is 299 g/mol. The minimum atomic E-state index is -1.27. The van der Waals surface area contributed by atoms with Crippen LogP contribution in [0.2, 0.25) is 0 Å². The Hall–Kier alpha value is -2.09. The van der Waals surface area contributed by atoms with Crippen LogP contribution in [0.4, 0.5) is 9.18 Å². The molecule has 2 atom stereocenters. The van der Waals surface area contributed by atoms with Crippen molar-refractivity contribution in [1.29, 1.82) is 0 Å². The minimum absolute atomic E-state index is 0.0626. The second-order valence-electron chi connectivity index (χ2n) is 4.55. The number of halogens is 1. The summed E-state index contributed by atoms with van der Waals surface area (Å²) in [5.41, 5.74) is 0.174. The van der Waals surface area contributed by atoms with E-state index in [-0.39, 0.29) is 17.9 Å². The fraction of sp³-hybridized carbons (Fsp3) is 0.308. The molecule has 0 saturated carbocycles. The summed E-state index contributed by atoms with van der Waals surface area (Å²) in [5, 5.41) is 2.06. The van der Waals surface area contributed by atoms with E-state index < -0.39 is 40.4 Å². The summed E-state index contributed by atoms with van der Waals surface area (Å²) < 4.78 is 24.3. The lowest BCUT2D eigenvalue weighted by Gasteiger charge is -2.30. The maximum absolute atomic E-state index is 13.2. The van der Waals surface area contributed by atoms with Crippen molar-refractivity contribution in [3.63, 3.8) is 0 Å². The second-order valence-corrected chi connectivity index (χ2v) is 6.10. The quantitative estimate of drug-likeness (QED) is 0.814. The smallest absolute Gasteiger partial charge is 0.277 e. The molecule has 21 heavy (non-hydrogen) atoms. The van der Waals surface area contributed by atoms with Gasteiger partial charge >= 0.3 is 6.03 Å². The van der Waals surface area contributed by atoms with Crippen LogP contribution in [0.25, 0.3) is 0 Å². The van der Waals surface area contributed by atoms with E-state index in [1.165, 1.54) is 24.5 Å². The summed E-state index contributed by atoms with van der Waals surface area (Å²) in [6.07, 6.45) is 1.45. The third kappa shape index (κ3) is 3.33. The number of hydrogen-bond acceptors (Lipinski definition) is 4. The molecule has 1 aliphatic rings. The molecule has 6 nitrogen and oxygen atoms in total. The standard InChI is InChI=1S/C13H13FN2O4S/c1-21(20)6-5-16-12(18)10(11(17)15-13(16)19)8-3-2-4-9(14)7-8/h2-4,7,10H,5-6H2,1H3,(H,15,17,19). The molecule has 0 radical (unpaired) electrons. The normalized spacial score (nSPS) is 20.4. The Kier molecular flexibility index (Phi) is 4.46. The molecule has 1 aromatic rings. The van der Waals surface area contributed by atoms with Crippen molar-refractivity contribution in [2.75, 3.05) is 18.6 Å². The molecule has 0 spiro atoms. The van der Waals surface area contributed by atoms with Crippen LogP contribution in [0.15, 0.2) is 24.3 Å². The van der Waals surface area contributed by atoms with Crippen molar-refractivity contribution in [2.24, 2.45) is 0 Å². The largest absolute Gasteiger partial charge is 0.330 e. The van der Waals surface area contributed by atoms with Gasteiger partial charge in [-0.2, -0.15) is 0 Å². The monoisotopic (exact) mass is 312 g/mol. The first kappa shape index (κ1) is 15.3. The first-order valence-corrected chi connectivity index (χ1v) is 7.84. The number of urea groups is 1. The van der Waals surface area contributed by atoms with Crippen LogP contribution in [0.1, 0.15) is 11.5 Å². The van der Waals surface area contributed by atoms with Gasteiger partial charge in [-0.05, 0) is 17.7 Å². The lowest BCUT2D eigenvalue weighted by atomic mass is 9.95. The number of amides is 4. The van der Waals surface area contributed by atoms with Gasteiger partial charge in [-0.15, -0.1) is 0 Å². The molecule has 4 amide bonds. The number of imide groups is 2. The summed E-state index contributed by atoms with van der Waals surface area (Å²) in [6.45, 7) is -0.0626. The molecule has 2 unspecified atom stereocenters. The van der Waals surface area contributed by atoms with E-state index >= 15 is 0 Å². The molecule has 1 N–H and O–H groups in total. The van der Waals surface area contributed by atoms with Crippen molar-refractivity contribution < 1.29 is 23.0 Å². The molecule has 1 saturated heterocycles. The van der Waals surface area contributed by atoms with Crippen molar-refractivity contribution in [3.05, 3.63) is 35.6 Å². The predicted molar refractivity (Wildman–Crippen MR) is 73.3 cm³/mol. The Morgan fingerprint density at radius 3 is 2.67 bits per heavy atom. The van der Waals surface area contributed by atoms with Gasteiger partial charge in [0, 0.05) is 29.4 Å². The predicted octanol–water partition coefficient (Wildman–Crippen LogP) is 0.366. The molecule has 1 aromatic carbocycles. The number of benzene rings is 1. The highest BCUT2D eigenvalue weighted by atomic mass is 32.2. The van der Waals surface area contributed by atoms with E-state index in [1.807, 2.05) is 0 Å². The summed E-state index contributed by atoms with van der Waals surface area (Å²) >= 11 is 0. The molecular formula is C13H13FN2O4S. The van der Waals surface area contributed by atoms with Crippen LogP contribution in [0.3, 0.4) is 0 Å². The van der Waals surface area contributed by atoms with E-state index in [9.17, 15) is 23.0 Å². The third-order valence-corrected chi connectivity index (χ3v) is 3.79. The van der Waals surface area contributed by atoms with Crippen LogP contribution in [0, 0.1) is 5.82 Å². The van der Waals surface area contributed by atoms with E-state index in [2.05, 4.69) is 5.32 Å². The van der Waals surface area contributed by atoms with Gasteiger partial charge in [0.25, 0.3) is 0 Å². The maximum Gasteiger partial charge on any atom is 0.330 e. The van der Waals surface area contributed by atoms with Crippen molar-refractivity contribution >= 4 is 28.6 Å². The summed E-state index contributed by atoms with van der Waals surface area (Å²) in [7, 11) is -1.18. The van der Waals surface area contributed by atoms with Gasteiger partial charge in [-0.1, -0.05) is 12.1 Å². The first-order chi connectivity index (χ1) is 9.90. The average Bonchev–Trinajstić information content (AvgIpc) is 2.37. The molecule has 0 aliphatic carbocycles. The van der Waals surface area contributed by atoms with E-state index in [1.54, 1.807) is 0 Å². The Morgan fingerprint density at radius 1 is 1.33 bits per heavy atom. The Balaban J connectivity index is 2.28. The lowest BCUT2D eigenvalue weighted by molar-refractivity contribution is -0.138. The van der Waals surface area contributed by atoms with Crippen molar-refractivity contribution in [3.8, 4) is 0 Å². The van der Waals surface area contributed by atoms with Crippen molar-refractivity contribution in [1.82, 2.24) is 10.2 Å². The zero-order chi connectivity index (χ0) is 15.6. The number of nitrogens with zero attached hydrogens (tertiary/aromatic N) is 1. The van der Waals surface area contributed by atoms with Crippen LogP contribution in [0.5, 0.6) is 0 Å². The number of carbonyl (C=O) groups excluding carboxylic acids is 3. The molecule has 0 aromatic heterocycles. The fourth-order valence-corrected chi connectivity index (χ4v) is 2.46. The van der Waals surface area contributed by atoms with E-state index in [0.29, 0.717) is 0 Å². The first-order valence-electron chi connectivity index (χ1n) is 6.12. The number of hydrogen-bond donors (Lipinski definition) is 1. The lowest BCUT2D eigenvalue weighted by Crippen LogP contribution is -2.57. The molecule has 1 fully saturated rings. The van der Waals surface area contributed by atoms with Gasteiger partial charge in [0.1, 0.15) is 11.7 Å². The highest BCUT2D eigenvalue weighted by molar-refractivity contribution is 7.84. The van der Waals surface area contributed by atoms with Gasteiger partial charge in [0.05, 0.1) is 0 Å². The molecule has 112 valence electrons. The van der Waals surface area contributed by atoms with Crippen LogP contribution in [-0.2, 0) is 20.4 Å². The second kappa shape index (κ2) is 6.13. The van der Waals surface area contributed by atoms with Gasteiger partial charge < -0.3 is 0 Å². The SMILES string of the molecule is CS(=O)CCN1C(=O)NC(=O)C(c2cccc(F)c2)C1=O. The summed E-state index contributed by atoms with van der Waals surface area (Å²) in [5.74, 6) is -3.26. The van der Waals surface area contributed by atoms with Crippen LogP contribution >= 0.6 is 0 Å².